The van der Waals surface area contributed by atoms with Crippen molar-refractivity contribution in [2.24, 2.45) is 5.92 Å². The summed E-state index contributed by atoms with van der Waals surface area (Å²) in [7, 11) is -2.69. The van der Waals surface area contributed by atoms with Crippen LogP contribution in [0.2, 0.25) is 0 Å². The Kier molecular flexibility index (Phi) is 6.85. The lowest BCUT2D eigenvalue weighted by Crippen LogP contribution is -2.39. The molecule has 0 fully saturated rings. The van der Waals surface area contributed by atoms with Crippen LogP contribution in [0.4, 0.5) is 0 Å². The predicted octanol–water partition coefficient (Wildman–Crippen LogP) is -0.0781. The van der Waals surface area contributed by atoms with Crippen LogP contribution in [0, 0.1) is 5.92 Å². The van der Waals surface area contributed by atoms with Crippen LogP contribution in [-0.4, -0.2) is 55.7 Å². The van der Waals surface area contributed by atoms with Gasteiger partial charge in [-0.15, -0.1) is 0 Å². The van der Waals surface area contributed by atoms with E-state index in [0.717, 1.165) is 4.31 Å². The number of sulfonamides is 1. The third-order valence-corrected chi connectivity index (χ3v) is 3.79. The third kappa shape index (κ3) is 6.55. The number of rotatable bonds is 8. The largest absolute Gasteiger partial charge is 0.480 e. The van der Waals surface area contributed by atoms with E-state index < -0.39 is 27.7 Å². The number of nitrogens with zero attached hydrogens (tertiary/aromatic N) is 1. The second kappa shape index (κ2) is 7.32. The van der Waals surface area contributed by atoms with Gasteiger partial charge in [-0.25, -0.2) is 12.7 Å². The first-order valence-electron chi connectivity index (χ1n) is 5.45. The molecule has 0 saturated carbocycles. The van der Waals surface area contributed by atoms with E-state index >= 15 is 0 Å². The number of aliphatic carboxylic acids is 1. The highest BCUT2D eigenvalue weighted by atomic mass is 32.2. The number of carboxylic acids is 1. The number of carboxylic acid groups (broad SMARTS) is 1. The Bertz CT molecular complexity index is 389. The third-order valence-electron chi connectivity index (χ3n) is 2.06. The zero-order valence-corrected chi connectivity index (χ0v) is 11.6. The van der Waals surface area contributed by atoms with Crippen molar-refractivity contribution in [1.82, 2.24) is 4.31 Å². The number of esters is 1. The molecule has 0 spiro atoms. The molecule has 0 rings (SSSR count). The van der Waals surface area contributed by atoms with E-state index in [-0.39, 0.29) is 25.4 Å². The highest BCUT2D eigenvalue weighted by molar-refractivity contribution is 7.89. The Morgan fingerprint density at radius 2 is 1.89 bits per heavy atom. The van der Waals surface area contributed by atoms with Crippen molar-refractivity contribution in [3.8, 4) is 0 Å². The smallest absolute Gasteiger partial charge is 0.320 e. The van der Waals surface area contributed by atoms with Crippen LogP contribution < -0.4 is 0 Å². The summed E-state index contributed by atoms with van der Waals surface area (Å²) < 4.78 is 29.0. The molecule has 0 saturated heterocycles. The van der Waals surface area contributed by atoms with Gasteiger partial charge >= 0.3 is 11.9 Å². The van der Waals surface area contributed by atoms with Gasteiger partial charge in [-0.05, 0) is 5.92 Å². The molecule has 0 radical (unpaired) electrons. The highest BCUT2D eigenvalue weighted by Gasteiger charge is 2.26. The molecule has 0 atom stereocenters. The zero-order chi connectivity index (χ0) is 14.3. The van der Waals surface area contributed by atoms with E-state index in [0.29, 0.717) is 0 Å². The van der Waals surface area contributed by atoms with Crippen LogP contribution in [0.3, 0.4) is 0 Å². The fourth-order valence-electron chi connectivity index (χ4n) is 1.32. The molecule has 0 aromatic heterocycles. The molecule has 0 bridgehead atoms. The number of ether oxygens (including phenoxy) is 1. The van der Waals surface area contributed by atoms with Gasteiger partial charge in [0.2, 0.25) is 10.0 Å². The molecular weight excluding hydrogens is 262 g/mol. The number of methoxy groups -OCH3 is 1. The highest BCUT2D eigenvalue weighted by Crippen LogP contribution is 2.08. The number of carbonyl (C=O) groups is 2. The summed E-state index contributed by atoms with van der Waals surface area (Å²) in [6, 6.07) is 0. The fourth-order valence-corrected chi connectivity index (χ4v) is 2.71. The first-order chi connectivity index (χ1) is 8.19. The molecule has 0 aliphatic rings. The SMILES string of the molecule is COC(=O)CCN(CC(C)C)S(=O)(=O)CC(=O)O. The maximum Gasteiger partial charge on any atom is 0.320 e. The van der Waals surface area contributed by atoms with Crippen molar-refractivity contribution in [1.29, 1.82) is 0 Å². The van der Waals surface area contributed by atoms with Gasteiger partial charge in [0.1, 0.15) is 0 Å². The summed E-state index contributed by atoms with van der Waals surface area (Å²) in [5, 5.41) is 8.56. The molecule has 18 heavy (non-hydrogen) atoms. The topological polar surface area (TPSA) is 101 Å². The lowest BCUT2D eigenvalue weighted by Gasteiger charge is -2.22. The van der Waals surface area contributed by atoms with E-state index in [1.54, 1.807) is 13.8 Å². The molecule has 0 unspecified atom stereocenters. The van der Waals surface area contributed by atoms with Gasteiger partial charge < -0.3 is 9.84 Å². The van der Waals surface area contributed by atoms with Crippen molar-refractivity contribution in [2.75, 3.05) is 26.0 Å². The summed E-state index contributed by atoms with van der Waals surface area (Å²) in [6.45, 7) is 3.72. The monoisotopic (exact) mass is 281 g/mol. The predicted molar refractivity (Wildman–Crippen MR) is 64.5 cm³/mol. The van der Waals surface area contributed by atoms with E-state index in [2.05, 4.69) is 4.74 Å². The van der Waals surface area contributed by atoms with Gasteiger partial charge in [0, 0.05) is 13.1 Å². The van der Waals surface area contributed by atoms with E-state index in [1.165, 1.54) is 7.11 Å². The van der Waals surface area contributed by atoms with Gasteiger partial charge in [-0.2, -0.15) is 0 Å². The summed E-state index contributed by atoms with van der Waals surface area (Å²) in [5.74, 6) is -2.89. The normalized spacial score (nSPS) is 11.8. The average Bonchev–Trinajstić information content (AvgIpc) is 2.21. The molecule has 0 aromatic carbocycles. The second-order valence-corrected chi connectivity index (χ2v) is 6.20. The summed E-state index contributed by atoms with van der Waals surface area (Å²) in [6.07, 6.45) is -0.0952. The quantitative estimate of drug-likeness (QED) is 0.625. The Hall–Kier alpha value is -1.15. The molecule has 0 amide bonds. The second-order valence-electron chi connectivity index (χ2n) is 4.23. The first-order valence-corrected chi connectivity index (χ1v) is 7.06. The molecule has 0 heterocycles. The van der Waals surface area contributed by atoms with Crippen LogP contribution in [-0.2, 0) is 24.3 Å². The van der Waals surface area contributed by atoms with Crippen molar-refractivity contribution in [3.63, 3.8) is 0 Å². The molecule has 7 nitrogen and oxygen atoms in total. The standard InChI is InChI=1S/C10H19NO6S/c1-8(2)6-11(5-4-10(14)17-3)18(15,16)7-9(12)13/h8H,4-7H2,1-3H3,(H,12,13). The minimum atomic E-state index is -3.89. The van der Waals surface area contributed by atoms with Crippen molar-refractivity contribution in [3.05, 3.63) is 0 Å². The van der Waals surface area contributed by atoms with Gasteiger partial charge in [0.15, 0.2) is 5.75 Å². The fraction of sp³-hybridized carbons (Fsp3) is 0.800. The molecule has 1 N–H and O–H groups in total. The van der Waals surface area contributed by atoms with Gasteiger partial charge in [-0.1, -0.05) is 13.8 Å². The summed E-state index contributed by atoms with van der Waals surface area (Å²) >= 11 is 0. The van der Waals surface area contributed by atoms with E-state index in [1.807, 2.05) is 0 Å². The summed E-state index contributed by atoms with van der Waals surface area (Å²) in [4.78, 5) is 21.5. The molecular formula is C10H19NO6S. The maximum absolute atomic E-state index is 11.8. The van der Waals surface area contributed by atoms with Crippen LogP contribution >= 0.6 is 0 Å². The Balaban J connectivity index is 4.76. The average molecular weight is 281 g/mol. The van der Waals surface area contributed by atoms with Crippen LogP contribution in [0.25, 0.3) is 0 Å². The van der Waals surface area contributed by atoms with Gasteiger partial charge in [0.05, 0.1) is 13.5 Å². The Labute approximate surface area is 107 Å². The van der Waals surface area contributed by atoms with Crippen LogP contribution in [0.5, 0.6) is 0 Å². The van der Waals surface area contributed by atoms with Crippen molar-refractivity contribution >= 4 is 22.0 Å². The Morgan fingerprint density at radius 1 is 1.33 bits per heavy atom. The lowest BCUT2D eigenvalue weighted by atomic mass is 10.2. The maximum atomic E-state index is 11.8. The number of hydrogen-bond acceptors (Lipinski definition) is 5. The first kappa shape index (κ1) is 16.9. The van der Waals surface area contributed by atoms with Crippen molar-refractivity contribution < 1.29 is 27.9 Å². The van der Waals surface area contributed by atoms with E-state index in [9.17, 15) is 18.0 Å². The minimum absolute atomic E-state index is 0.0335. The van der Waals surface area contributed by atoms with Gasteiger partial charge in [-0.3, -0.25) is 9.59 Å². The molecule has 0 aliphatic heterocycles. The van der Waals surface area contributed by atoms with Crippen molar-refractivity contribution in [2.45, 2.75) is 20.3 Å². The Morgan fingerprint density at radius 3 is 2.28 bits per heavy atom. The van der Waals surface area contributed by atoms with Crippen LogP contribution in [0.15, 0.2) is 0 Å². The summed E-state index contributed by atoms with van der Waals surface area (Å²) in [5.41, 5.74) is 0. The number of hydrogen-bond donors (Lipinski definition) is 1. The molecule has 0 aliphatic carbocycles. The molecule has 0 aromatic rings. The zero-order valence-electron chi connectivity index (χ0n) is 10.7. The van der Waals surface area contributed by atoms with Crippen LogP contribution in [0.1, 0.15) is 20.3 Å². The van der Waals surface area contributed by atoms with E-state index in [4.69, 9.17) is 5.11 Å². The van der Waals surface area contributed by atoms with Gasteiger partial charge in [0.25, 0.3) is 0 Å². The lowest BCUT2D eigenvalue weighted by molar-refractivity contribution is -0.140. The molecule has 106 valence electrons. The molecule has 8 heteroatoms. The minimum Gasteiger partial charge on any atom is -0.480 e. The number of carbonyl (C=O) groups excluding carboxylic acids is 1.